The second-order valence-electron chi connectivity index (χ2n) is 5.79. The molecule has 0 saturated carbocycles. The highest BCUT2D eigenvalue weighted by atomic mass is 32.2. The van der Waals surface area contributed by atoms with Gasteiger partial charge in [0.25, 0.3) is 5.56 Å². The van der Waals surface area contributed by atoms with Crippen molar-refractivity contribution in [3.8, 4) is 11.4 Å². The van der Waals surface area contributed by atoms with E-state index in [9.17, 15) is 9.18 Å². The van der Waals surface area contributed by atoms with E-state index in [-0.39, 0.29) is 11.4 Å². The van der Waals surface area contributed by atoms with Gasteiger partial charge in [0, 0.05) is 24.4 Å². The van der Waals surface area contributed by atoms with Crippen molar-refractivity contribution in [1.29, 1.82) is 0 Å². The highest BCUT2D eigenvalue weighted by molar-refractivity contribution is 7.98. The lowest BCUT2D eigenvalue weighted by atomic mass is 10.2. The molecule has 7 nitrogen and oxygen atoms in total. The number of fused-ring (bicyclic) bond motifs is 1. The molecule has 0 atom stereocenters. The molecule has 0 fully saturated rings. The molecule has 3 aromatic heterocycles. The maximum Gasteiger partial charge on any atom is 0.275 e. The van der Waals surface area contributed by atoms with Gasteiger partial charge >= 0.3 is 0 Å². The number of aryl methyl sites for hydroxylation is 1. The lowest BCUT2D eigenvalue weighted by molar-refractivity contribution is 0.628. The summed E-state index contributed by atoms with van der Waals surface area (Å²) in [5.74, 6) is 0.731. The first kappa shape index (κ1) is 17.8. The van der Waals surface area contributed by atoms with Gasteiger partial charge in [0.2, 0.25) is 4.96 Å². The Hall–Kier alpha value is -2.59. The highest BCUT2D eigenvalue weighted by Gasteiger charge is 2.13. The second kappa shape index (κ2) is 7.20. The first-order valence-electron chi connectivity index (χ1n) is 8.22. The standard InChI is InChI=1S/C17H15FN6OS2/c1-3-13-22-24-14(25)8-12(19-16(24)27-13)9-26-17-21-20-15(23(17)2)10-5-4-6-11(18)7-10/h4-8H,3,9H2,1-2H3. The topological polar surface area (TPSA) is 78.0 Å². The molecule has 0 amide bonds. The third kappa shape index (κ3) is 3.50. The van der Waals surface area contributed by atoms with Gasteiger partial charge in [0.05, 0.1) is 5.69 Å². The predicted molar refractivity (Wildman–Crippen MR) is 102 cm³/mol. The van der Waals surface area contributed by atoms with Crippen LogP contribution in [0.2, 0.25) is 0 Å². The molecule has 27 heavy (non-hydrogen) atoms. The predicted octanol–water partition coefficient (Wildman–Crippen LogP) is 2.94. The van der Waals surface area contributed by atoms with Crippen molar-refractivity contribution >= 4 is 28.1 Å². The minimum atomic E-state index is -0.321. The number of hydrogen-bond acceptors (Lipinski definition) is 7. The normalized spacial score (nSPS) is 11.4. The minimum absolute atomic E-state index is 0.190. The number of halogens is 1. The summed E-state index contributed by atoms with van der Waals surface area (Å²) in [6, 6.07) is 7.72. The van der Waals surface area contributed by atoms with Gasteiger partial charge in [-0.2, -0.15) is 9.61 Å². The van der Waals surface area contributed by atoms with Crippen LogP contribution in [0.4, 0.5) is 4.39 Å². The van der Waals surface area contributed by atoms with Gasteiger partial charge in [0.15, 0.2) is 11.0 Å². The molecule has 0 aliphatic carbocycles. The summed E-state index contributed by atoms with van der Waals surface area (Å²) < 4.78 is 16.6. The van der Waals surface area contributed by atoms with Crippen molar-refractivity contribution in [2.24, 2.45) is 7.05 Å². The number of thioether (sulfide) groups is 1. The molecule has 0 unspecified atom stereocenters. The van der Waals surface area contributed by atoms with Crippen molar-refractivity contribution in [2.75, 3.05) is 0 Å². The summed E-state index contributed by atoms with van der Waals surface area (Å²) in [6.07, 6.45) is 0.763. The van der Waals surface area contributed by atoms with Crippen LogP contribution in [-0.2, 0) is 19.2 Å². The van der Waals surface area contributed by atoms with Crippen molar-refractivity contribution in [3.63, 3.8) is 0 Å². The third-order valence-electron chi connectivity index (χ3n) is 3.91. The summed E-state index contributed by atoms with van der Waals surface area (Å²) in [6.45, 7) is 1.99. The first-order valence-corrected chi connectivity index (χ1v) is 10.0. The van der Waals surface area contributed by atoms with Crippen LogP contribution < -0.4 is 5.56 Å². The van der Waals surface area contributed by atoms with E-state index in [1.165, 1.54) is 45.8 Å². The van der Waals surface area contributed by atoms with Gasteiger partial charge in [-0.05, 0) is 18.6 Å². The second-order valence-corrected chi connectivity index (χ2v) is 7.78. The lowest BCUT2D eigenvalue weighted by Crippen LogP contribution is -2.15. The number of nitrogens with zero attached hydrogens (tertiary/aromatic N) is 6. The number of hydrogen-bond donors (Lipinski definition) is 0. The van der Waals surface area contributed by atoms with Gasteiger partial charge in [0.1, 0.15) is 10.8 Å². The van der Waals surface area contributed by atoms with E-state index < -0.39 is 0 Å². The Kier molecular flexibility index (Phi) is 4.75. The summed E-state index contributed by atoms with van der Waals surface area (Å²) in [4.78, 5) is 17.3. The smallest absolute Gasteiger partial charge is 0.275 e. The monoisotopic (exact) mass is 402 g/mol. The molecular formula is C17H15FN6OS2. The van der Waals surface area contributed by atoms with Crippen LogP contribution in [0.25, 0.3) is 16.3 Å². The molecule has 0 aliphatic rings. The molecule has 10 heteroatoms. The molecule has 0 spiro atoms. The van der Waals surface area contributed by atoms with E-state index in [0.29, 0.717) is 33.0 Å². The fourth-order valence-electron chi connectivity index (χ4n) is 2.57. The Morgan fingerprint density at radius 1 is 1.26 bits per heavy atom. The molecule has 138 valence electrons. The summed E-state index contributed by atoms with van der Waals surface area (Å²) in [7, 11) is 1.82. The summed E-state index contributed by atoms with van der Waals surface area (Å²) in [5.41, 5.74) is 1.13. The Morgan fingerprint density at radius 3 is 2.89 bits per heavy atom. The van der Waals surface area contributed by atoms with Crippen LogP contribution in [0.15, 0.2) is 40.3 Å². The molecule has 0 aliphatic heterocycles. The summed E-state index contributed by atoms with van der Waals surface area (Å²) >= 11 is 2.83. The van der Waals surface area contributed by atoms with Crippen LogP contribution in [-0.4, -0.2) is 29.4 Å². The van der Waals surface area contributed by atoms with Crippen LogP contribution in [0, 0.1) is 5.82 Å². The fraction of sp³-hybridized carbons (Fsp3) is 0.235. The zero-order valence-electron chi connectivity index (χ0n) is 14.6. The van der Waals surface area contributed by atoms with Gasteiger partial charge in [-0.1, -0.05) is 42.2 Å². The number of rotatable bonds is 5. The first-order chi connectivity index (χ1) is 13.0. The molecule has 0 bridgehead atoms. The van der Waals surface area contributed by atoms with Crippen LogP contribution in [0.3, 0.4) is 0 Å². The molecular weight excluding hydrogens is 387 g/mol. The molecule has 0 saturated heterocycles. The van der Waals surface area contributed by atoms with E-state index in [4.69, 9.17) is 0 Å². The highest BCUT2D eigenvalue weighted by Crippen LogP contribution is 2.25. The Balaban J connectivity index is 1.57. The molecule has 4 rings (SSSR count). The van der Waals surface area contributed by atoms with Crippen molar-refractivity contribution < 1.29 is 4.39 Å². The SMILES string of the molecule is CCc1nn2c(=O)cc(CSc3nnc(-c4cccc(F)c4)n3C)nc2s1. The summed E-state index contributed by atoms with van der Waals surface area (Å²) in [5, 5.41) is 14.1. The molecule has 4 aromatic rings. The van der Waals surface area contributed by atoms with Crippen LogP contribution in [0.1, 0.15) is 17.6 Å². The Labute approximate surface area is 161 Å². The molecule has 1 aromatic carbocycles. The van der Waals surface area contributed by atoms with Crippen molar-refractivity contribution in [3.05, 3.63) is 57.2 Å². The average molecular weight is 402 g/mol. The Morgan fingerprint density at radius 2 is 2.11 bits per heavy atom. The quantitative estimate of drug-likeness (QED) is 0.478. The van der Waals surface area contributed by atoms with E-state index >= 15 is 0 Å². The van der Waals surface area contributed by atoms with Crippen LogP contribution in [0.5, 0.6) is 0 Å². The molecule has 0 radical (unpaired) electrons. The van der Waals surface area contributed by atoms with E-state index in [0.717, 1.165) is 11.4 Å². The molecule has 3 heterocycles. The largest absolute Gasteiger partial charge is 0.305 e. The zero-order chi connectivity index (χ0) is 19.0. The third-order valence-corrected chi connectivity index (χ3v) is 6.02. The van der Waals surface area contributed by atoms with Gasteiger partial charge in [-0.3, -0.25) is 4.79 Å². The fourth-order valence-corrected chi connectivity index (χ4v) is 4.23. The van der Waals surface area contributed by atoms with E-state index in [1.807, 2.05) is 14.0 Å². The maximum atomic E-state index is 13.4. The van der Waals surface area contributed by atoms with Gasteiger partial charge in [-0.25, -0.2) is 9.37 Å². The lowest BCUT2D eigenvalue weighted by Gasteiger charge is -2.04. The van der Waals surface area contributed by atoms with Crippen molar-refractivity contribution in [1.82, 2.24) is 29.4 Å². The Bertz CT molecular complexity index is 1180. The maximum absolute atomic E-state index is 13.4. The van der Waals surface area contributed by atoms with E-state index in [2.05, 4.69) is 20.3 Å². The minimum Gasteiger partial charge on any atom is -0.305 e. The van der Waals surface area contributed by atoms with E-state index in [1.54, 1.807) is 16.7 Å². The van der Waals surface area contributed by atoms with Gasteiger partial charge < -0.3 is 4.57 Å². The number of aromatic nitrogens is 6. The zero-order valence-corrected chi connectivity index (χ0v) is 16.2. The van der Waals surface area contributed by atoms with Crippen molar-refractivity contribution in [2.45, 2.75) is 24.3 Å². The van der Waals surface area contributed by atoms with Gasteiger partial charge in [-0.15, -0.1) is 10.2 Å². The average Bonchev–Trinajstić information content (AvgIpc) is 3.23. The molecule has 0 N–H and O–H groups in total. The van der Waals surface area contributed by atoms with Crippen LogP contribution >= 0.6 is 23.1 Å². The number of benzene rings is 1.